The summed E-state index contributed by atoms with van der Waals surface area (Å²) in [5.74, 6) is -0.197. The second-order valence-corrected chi connectivity index (χ2v) is 6.04. The number of carbonyl (C=O) groups excluding carboxylic acids is 1. The molecule has 7 heteroatoms. The van der Waals surface area contributed by atoms with E-state index in [-0.39, 0.29) is 29.6 Å². The van der Waals surface area contributed by atoms with Gasteiger partial charge in [0.2, 0.25) is 5.91 Å². The third-order valence-electron chi connectivity index (χ3n) is 3.53. The third kappa shape index (κ3) is 5.98. The van der Waals surface area contributed by atoms with Crippen LogP contribution in [-0.4, -0.2) is 12.5 Å². The minimum Gasteiger partial charge on any atom is -0.383 e. The normalized spacial score (nSPS) is 11.2. The van der Waals surface area contributed by atoms with Crippen molar-refractivity contribution in [3.8, 4) is 0 Å². The fourth-order valence-corrected chi connectivity index (χ4v) is 2.44. The smallest absolute Gasteiger partial charge is 0.383 e. The van der Waals surface area contributed by atoms with Crippen molar-refractivity contribution in [1.29, 1.82) is 0 Å². The van der Waals surface area contributed by atoms with Crippen LogP contribution >= 0.6 is 11.6 Å². The Hall–Kier alpha value is -2.21. The lowest BCUT2D eigenvalue weighted by atomic mass is 10.1. The van der Waals surface area contributed by atoms with Crippen molar-refractivity contribution in [2.45, 2.75) is 26.1 Å². The van der Waals surface area contributed by atoms with E-state index in [9.17, 15) is 18.0 Å². The molecule has 2 aromatic carbocycles. The molecule has 0 radical (unpaired) electrons. The zero-order valence-corrected chi connectivity index (χ0v) is 14.3. The van der Waals surface area contributed by atoms with Gasteiger partial charge in [-0.2, -0.15) is 13.2 Å². The van der Waals surface area contributed by atoms with E-state index in [0.29, 0.717) is 6.54 Å². The van der Waals surface area contributed by atoms with Crippen LogP contribution < -0.4 is 10.6 Å². The SMILES string of the molecule is Cc1cccc(CNC(=O)CCNc2cc(C(F)(F)F)ccc2Cl)c1. The summed E-state index contributed by atoms with van der Waals surface area (Å²) in [6, 6.07) is 10.8. The molecule has 0 fully saturated rings. The number of benzene rings is 2. The summed E-state index contributed by atoms with van der Waals surface area (Å²) in [4.78, 5) is 11.8. The molecule has 0 saturated carbocycles. The Kier molecular flexibility index (Phi) is 6.31. The van der Waals surface area contributed by atoms with Crippen molar-refractivity contribution < 1.29 is 18.0 Å². The van der Waals surface area contributed by atoms with E-state index in [1.165, 1.54) is 6.07 Å². The van der Waals surface area contributed by atoms with Crippen LogP contribution in [0.15, 0.2) is 42.5 Å². The summed E-state index contributed by atoms with van der Waals surface area (Å²) in [6.45, 7) is 2.56. The van der Waals surface area contributed by atoms with Crippen molar-refractivity contribution >= 4 is 23.2 Å². The number of hydrogen-bond acceptors (Lipinski definition) is 2. The van der Waals surface area contributed by atoms with Gasteiger partial charge in [0.1, 0.15) is 0 Å². The molecule has 134 valence electrons. The zero-order chi connectivity index (χ0) is 18.4. The van der Waals surface area contributed by atoms with Gasteiger partial charge in [0.15, 0.2) is 0 Å². The van der Waals surface area contributed by atoms with Gasteiger partial charge in [-0.05, 0) is 30.7 Å². The van der Waals surface area contributed by atoms with E-state index in [1.54, 1.807) is 0 Å². The number of aryl methyl sites for hydroxylation is 1. The third-order valence-corrected chi connectivity index (χ3v) is 3.86. The van der Waals surface area contributed by atoms with E-state index >= 15 is 0 Å². The molecule has 0 atom stereocenters. The van der Waals surface area contributed by atoms with E-state index in [0.717, 1.165) is 23.3 Å². The molecule has 0 aromatic heterocycles. The molecule has 3 nitrogen and oxygen atoms in total. The van der Waals surface area contributed by atoms with E-state index in [4.69, 9.17) is 11.6 Å². The fourth-order valence-electron chi connectivity index (χ4n) is 2.26. The number of rotatable bonds is 6. The quantitative estimate of drug-likeness (QED) is 0.768. The Labute approximate surface area is 149 Å². The van der Waals surface area contributed by atoms with Crippen molar-refractivity contribution in [3.63, 3.8) is 0 Å². The molecular weight excluding hydrogens is 353 g/mol. The molecule has 25 heavy (non-hydrogen) atoms. The number of amides is 1. The molecule has 0 saturated heterocycles. The molecule has 2 rings (SSSR count). The van der Waals surface area contributed by atoms with Gasteiger partial charge >= 0.3 is 6.18 Å². The molecule has 2 N–H and O–H groups in total. The topological polar surface area (TPSA) is 41.1 Å². The van der Waals surface area contributed by atoms with Crippen molar-refractivity contribution in [1.82, 2.24) is 5.32 Å². The van der Waals surface area contributed by atoms with Crippen LogP contribution in [0, 0.1) is 6.92 Å². The molecule has 0 aliphatic heterocycles. The van der Waals surface area contributed by atoms with Crippen LogP contribution in [0.4, 0.5) is 18.9 Å². The molecule has 1 amide bonds. The first-order valence-electron chi connectivity index (χ1n) is 7.68. The lowest BCUT2D eigenvalue weighted by Crippen LogP contribution is -2.25. The minimum absolute atomic E-state index is 0.123. The monoisotopic (exact) mass is 370 g/mol. The molecule has 0 unspecified atom stereocenters. The number of halogens is 4. The summed E-state index contributed by atoms with van der Waals surface area (Å²) in [7, 11) is 0. The Morgan fingerprint density at radius 3 is 2.60 bits per heavy atom. The summed E-state index contributed by atoms with van der Waals surface area (Å²) in [6.07, 6.45) is -4.31. The lowest BCUT2D eigenvalue weighted by Gasteiger charge is -2.12. The Balaban J connectivity index is 1.83. The molecule has 0 aliphatic rings. The Morgan fingerprint density at radius 1 is 1.16 bits per heavy atom. The lowest BCUT2D eigenvalue weighted by molar-refractivity contribution is -0.137. The molecule has 0 spiro atoms. The minimum atomic E-state index is -4.44. The van der Waals surface area contributed by atoms with Crippen LogP contribution in [0.25, 0.3) is 0 Å². The number of carbonyl (C=O) groups is 1. The highest BCUT2D eigenvalue weighted by molar-refractivity contribution is 6.33. The molecule has 0 heterocycles. The van der Waals surface area contributed by atoms with Gasteiger partial charge in [-0.25, -0.2) is 0 Å². The molecule has 2 aromatic rings. The van der Waals surface area contributed by atoms with Crippen LogP contribution in [0.1, 0.15) is 23.1 Å². The second-order valence-electron chi connectivity index (χ2n) is 5.63. The van der Waals surface area contributed by atoms with Gasteiger partial charge in [-0.1, -0.05) is 41.4 Å². The Bertz CT molecular complexity index is 747. The number of nitrogens with one attached hydrogen (secondary N) is 2. The van der Waals surface area contributed by atoms with Gasteiger partial charge in [-0.3, -0.25) is 4.79 Å². The van der Waals surface area contributed by atoms with Crippen molar-refractivity contribution in [3.05, 3.63) is 64.2 Å². The van der Waals surface area contributed by atoms with Gasteiger partial charge in [-0.15, -0.1) is 0 Å². The summed E-state index contributed by atoms with van der Waals surface area (Å²) in [5, 5.41) is 5.72. The molecule has 0 bridgehead atoms. The molecular formula is C18H18ClF3N2O. The summed E-state index contributed by atoms with van der Waals surface area (Å²) >= 11 is 5.89. The van der Waals surface area contributed by atoms with E-state index in [2.05, 4.69) is 10.6 Å². The maximum atomic E-state index is 12.7. The first-order valence-corrected chi connectivity index (χ1v) is 8.06. The van der Waals surface area contributed by atoms with Crippen LogP contribution in [0.5, 0.6) is 0 Å². The highest BCUT2D eigenvalue weighted by Crippen LogP contribution is 2.33. The summed E-state index contributed by atoms with van der Waals surface area (Å²) in [5.41, 5.74) is 1.46. The summed E-state index contributed by atoms with van der Waals surface area (Å²) < 4.78 is 38.1. The first kappa shape index (κ1) is 19.1. The molecule has 0 aliphatic carbocycles. The average molecular weight is 371 g/mol. The number of anilines is 1. The first-order chi connectivity index (χ1) is 11.8. The van der Waals surface area contributed by atoms with Crippen molar-refractivity contribution in [2.24, 2.45) is 0 Å². The Morgan fingerprint density at radius 2 is 1.92 bits per heavy atom. The maximum Gasteiger partial charge on any atom is 0.416 e. The average Bonchev–Trinajstić information content (AvgIpc) is 2.53. The zero-order valence-electron chi connectivity index (χ0n) is 13.6. The van der Waals surface area contributed by atoms with Gasteiger partial charge in [0.05, 0.1) is 16.3 Å². The largest absolute Gasteiger partial charge is 0.416 e. The fraction of sp³-hybridized carbons (Fsp3) is 0.278. The van der Waals surface area contributed by atoms with Gasteiger partial charge < -0.3 is 10.6 Å². The predicted molar refractivity (Wildman–Crippen MR) is 92.6 cm³/mol. The van der Waals surface area contributed by atoms with E-state index in [1.807, 2.05) is 31.2 Å². The number of hydrogen-bond donors (Lipinski definition) is 2. The van der Waals surface area contributed by atoms with E-state index < -0.39 is 11.7 Å². The maximum absolute atomic E-state index is 12.7. The second kappa shape index (κ2) is 8.25. The van der Waals surface area contributed by atoms with Gasteiger partial charge in [0.25, 0.3) is 0 Å². The van der Waals surface area contributed by atoms with Gasteiger partial charge in [0, 0.05) is 19.5 Å². The standard InChI is InChI=1S/C18H18ClF3N2O/c1-12-3-2-4-13(9-12)11-24-17(25)7-8-23-16-10-14(18(20,21)22)5-6-15(16)19/h2-6,9-10,23H,7-8,11H2,1H3,(H,24,25). The van der Waals surface area contributed by atoms with Crippen molar-refractivity contribution in [2.75, 3.05) is 11.9 Å². The van der Waals surface area contributed by atoms with Crippen LogP contribution in [0.3, 0.4) is 0 Å². The van der Waals surface area contributed by atoms with Crippen LogP contribution in [0.2, 0.25) is 5.02 Å². The highest BCUT2D eigenvalue weighted by Gasteiger charge is 2.30. The highest BCUT2D eigenvalue weighted by atomic mass is 35.5. The van der Waals surface area contributed by atoms with Crippen LogP contribution in [-0.2, 0) is 17.5 Å². The number of alkyl halides is 3. The predicted octanol–water partition coefficient (Wildman–Crippen LogP) is 4.79.